The zero-order valence-corrected chi connectivity index (χ0v) is 12.9. The summed E-state index contributed by atoms with van der Waals surface area (Å²) in [7, 11) is -1.16. The van der Waals surface area contributed by atoms with Gasteiger partial charge in [-0.1, -0.05) is 22.9 Å². The molecule has 18 heavy (non-hydrogen) atoms. The van der Waals surface area contributed by atoms with Gasteiger partial charge in [0.15, 0.2) is 0 Å². The molecule has 2 atom stereocenters. The van der Waals surface area contributed by atoms with E-state index in [1.54, 1.807) is 0 Å². The Bertz CT molecular complexity index is 502. The third kappa shape index (κ3) is 3.01. The quantitative estimate of drug-likeness (QED) is 0.851. The van der Waals surface area contributed by atoms with E-state index < -0.39 is 11.0 Å². The molecular weight excluding hydrogens is 314 g/mol. The van der Waals surface area contributed by atoms with E-state index in [-0.39, 0.29) is 5.25 Å². The Morgan fingerprint density at radius 3 is 3.06 bits per heavy atom. The van der Waals surface area contributed by atoms with Crippen molar-refractivity contribution >= 4 is 32.6 Å². The van der Waals surface area contributed by atoms with Crippen molar-refractivity contribution in [3.63, 3.8) is 0 Å². The molecule has 0 fully saturated rings. The smallest absolute Gasteiger partial charge is 0.142 e. The second-order valence-electron chi connectivity index (χ2n) is 4.27. The van der Waals surface area contributed by atoms with Crippen LogP contribution in [0.4, 0.5) is 0 Å². The molecule has 0 saturated heterocycles. The molecule has 0 aliphatic carbocycles. The lowest BCUT2D eigenvalue weighted by molar-refractivity contribution is 0.320. The Balaban J connectivity index is 2.35. The van der Waals surface area contributed by atoms with E-state index in [1.165, 1.54) is 0 Å². The number of fused-ring (bicyclic) bond motifs is 1. The second-order valence-corrected chi connectivity index (χ2v) is 6.73. The summed E-state index contributed by atoms with van der Waals surface area (Å²) in [5.41, 5.74) is 1.84. The van der Waals surface area contributed by atoms with Crippen LogP contribution in [0.2, 0.25) is 0 Å². The van der Waals surface area contributed by atoms with Gasteiger partial charge in [-0.25, -0.2) is 4.21 Å². The van der Waals surface area contributed by atoms with Crippen molar-refractivity contribution in [2.24, 2.45) is 4.40 Å². The minimum Gasteiger partial charge on any atom is -0.492 e. The molecule has 98 valence electrons. The number of nitrogens with zero attached hydrogens (tertiary/aromatic N) is 1. The first-order valence-corrected chi connectivity index (χ1v) is 7.99. The van der Waals surface area contributed by atoms with Crippen LogP contribution >= 0.6 is 15.9 Å². The van der Waals surface area contributed by atoms with Crippen LogP contribution in [0, 0.1) is 0 Å². The Kier molecular flexibility index (Phi) is 4.56. The number of hydrogen-bond donors (Lipinski definition) is 0. The van der Waals surface area contributed by atoms with Crippen molar-refractivity contribution in [3.05, 3.63) is 28.2 Å². The highest BCUT2D eigenvalue weighted by Gasteiger charge is 2.19. The lowest BCUT2D eigenvalue weighted by atomic mass is 10.0. The molecule has 1 aromatic rings. The fourth-order valence-electron chi connectivity index (χ4n) is 1.68. The molecule has 5 heteroatoms. The summed E-state index contributed by atoms with van der Waals surface area (Å²) in [4.78, 5) is 0. The van der Waals surface area contributed by atoms with Crippen LogP contribution in [0.5, 0.6) is 5.75 Å². The number of rotatable bonds is 3. The average Bonchev–Trinajstić information content (AvgIpc) is 2.38. The lowest BCUT2D eigenvalue weighted by Crippen LogP contribution is -2.18. The average molecular weight is 330 g/mol. The van der Waals surface area contributed by atoms with Crippen LogP contribution in [0.25, 0.3) is 0 Å². The highest BCUT2D eigenvalue weighted by atomic mass is 79.9. The first-order valence-electron chi connectivity index (χ1n) is 6.02. The van der Waals surface area contributed by atoms with Gasteiger partial charge in [-0.05, 0) is 31.5 Å². The predicted octanol–water partition coefficient (Wildman–Crippen LogP) is 3.48. The molecule has 1 aromatic carbocycles. The Morgan fingerprint density at radius 2 is 2.33 bits per heavy atom. The van der Waals surface area contributed by atoms with E-state index in [1.807, 2.05) is 32.0 Å². The Labute approximate surface area is 118 Å². The summed E-state index contributed by atoms with van der Waals surface area (Å²) in [6, 6.07) is 5.83. The van der Waals surface area contributed by atoms with Gasteiger partial charge in [0.2, 0.25) is 0 Å². The Morgan fingerprint density at radius 1 is 1.56 bits per heavy atom. The minimum atomic E-state index is -1.16. The van der Waals surface area contributed by atoms with Crippen LogP contribution in [-0.4, -0.2) is 21.8 Å². The molecule has 3 nitrogen and oxygen atoms in total. The van der Waals surface area contributed by atoms with E-state index in [9.17, 15) is 4.21 Å². The molecular formula is C13H16BrNO2S. The molecule has 1 unspecified atom stereocenters. The fourth-order valence-corrected chi connectivity index (χ4v) is 2.91. The van der Waals surface area contributed by atoms with Gasteiger partial charge in [0.1, 0.15) is 16.7 Å². The fraction of sp³-hybridized carbons (Fsp3) is 0.462. The summed E-state index contributed by atoms with van der Waals surface area (Å²) in [5, 5.41) is 0.0935. The van der Waals surface area contributed by atoms with Crippen LogP contribution in [0.3, 0.4) is 0 Å². The van der Waals surface area contributed by atoms with Gasteiger partial charge in [-0.2, -0.15) is 4.40 Å². The van der Waals surface area contributed by atoms with Crippen LogP contribution in [0.15, 0.2) is 27.1 Å². The van der Waals surface area contributed by atoms with Gasteiger partial charge in [0.05, 0.1) is 17.6 Å². The summed E-state index contributed by atoms with van der Waals surface area (Å²) in [6.45, 7) is 4.59. The van der Waals surface area contributed by atoms with Gasteiger partial charge in [-0.15, -0.1) is 0 Å². The molecule has 0 amide bonds. The van der Waals surface area contributed by atoms with E-state index in [4.69, 9.17) is 4.74 Å². The van der Waals surface area contributed by atoms with E-state index in [2.05, 4.69) is 20.3 Å². The third-order valence-electron chi connectivity index (χ3n) is 2.97. The number of benzene rings is 1. The molecule has 0 spiro atoms. The first-order chi connectivity index (χ1) is 8.61. The molecule has 0 aromatic heterocycles. The molecule has 0 radical (unpaired) electrons. The maximum Gasteiger partial charge on any atom is 0.142 e. The van der Waals surface area contributed by atoms with Crippen LogP contribution in [0.1, 0.15) is 32.3 Å². The van der Waals surface area contributed by atoms with E-state index in [0.717, 1.165) is 27.9 Å². The highest BCUT2D eigenvalue weighted by molar-refractivity contribution is 9.10. The van der Waals surface area contributed by atoms with Crippen LogP contribution in [-0.2, 0) is 11.0 Å². The normalized spacial score (nSPS) is 20.1. The standard InChI is InChI=1S/C13H16BrNO2S/c1-3-9(2)18(16)15-12-6-7-17-13-5-4-10(14)8-11(12)13/h4-5,8-9H,3,6-7H2,1-2H3/t9-,18?/m1/s1. The molecule has 0 N–H and O–H groups in total. The van der Waals surface area contributed by atoms with Crippen molar-refractivity contribution in [2.45, 2.75) is 31.9 Å². The monoisotopic (exact) mass is 329 g/mol. The summed E-state index contributed by atoms with van der Waals surface area (Å²) < 4.78 is 22.9. The zero-order valence-electron chi connectivity index (χ0n) is 10.5. The summed E-state index contributed by atoms with van der Waals surface area (Å²) in [5.74, 6) is 0.823. The predicted molar refractivity (Wildman–Crippen MR) is 78.7 cm³/mol. The van der Waals surface area contributed by atoms with Gasteiger partial charge in [0.25, 0.3) is 0 Å². The SMILES string of the molecule is CC[C@@H](C)S(=O)N=C1CCOc2ccc(Br)cc21. The number of ether oxygens (including phenoxy) is 1. The molecule has 2 rings (SSSR count). The summed E-state index contributed by atoms with van der Waals surface area (Å²) >= 11 is 3.44. The van der Waals surface area contributed by atoms with Gasteiger partial charge in [0, 0.05) is 16.5 Å². The molecule has 0 bridgehead atoms. The highest BCUT2D eigenvalue weighted by Crippen LogP contribution is 2.28. The van der Waals surface area contributed by atoms with Crippen molar-refractivity contribution in [1.29, 1.82) is 0 Å². The van der Waals surface area contributed by atoms with E-state index >= 15 is 0 Å². The van der Waals surface area contributed by atoms with Crippen LogP contribution < -0.4 is 4.74 Å². The van der Waals surface area contributed by atoms with Gasteiger partial charge in [-0.3, -0.25) is 0 Å². The number of halogens is 1. The number of hydrogen-bond acceptors (Lipinski definition) is 2. The van der Waals surface area contributed by atoms with Gasteiger partial charge < -0.3 is 4.74 Å². The molecule has 1 aliphatic heterocycles. The maximum absolute atomic E-state index is 12.0. The first kappa shape index (κ1) is 13.7. The largest absolute Gasteiger partial charge is 0.492 e. The Hall–Kier alpha value is -0.680. The molecule has 1 aliphatic rings. The summed E-state index contributed by atoms with van der Waals surface area (Å²) in [6.07, 6.45) is 1.58. The van der Waals surface area contributed by atoms with Crippen molar-refractivity contribution in [1.82, 2.24) is 0 Å². The third-order valence-corrected chi connectivity index (χ3v) is 4.88. The molecule has 1 heterocycles. The topological polar surface area (TPSA) is 38.7 Å². The maximum atomic E-state index is 12.0. The minimum absolute atomic E-state index is 0.0935. The van der Waals surface area contributed by atoms with Gasteiger partial charge >= 0.3 is 0 Å². The van der Waals surface area contributed by atoms with Crippen molar-refractivity contribution in [3.8, 4) is 5.75 Å². The van der Waals surface area contributed by atoms with Crippen molar-refractivity contribution in [2.75, 3.05) is 6.61 Å². The van der Waals surface area contributed by atoms with Crippen molar-refractivity contribution < 1.29 is 8.95 Å². The zero-order chi connectivity index (χ0) is 13.1. The lowest BCUT2D eigenvalue weighted by Gasteiger charge is -2.19. The van der Waals surface area contributed by atoms with E-state index in [0.29, 0.717) is 13.0 Å². The second kappa shape index (κ2) is 5.97. The molecule has 0 saturated carbocycles.